The van der Waals surface area contributed by atoms with Gasteiger partial charge in [-0.2, -0.15) is 0 Å². The summed E-state index contributed by atoms with van der Waals surface area (Å²) in [6.07, 6.45) is 1.92. The van der Waals surface area contributed by atoms with Crippen molar-refractivity contribution in [2.75, 3.05) is 7.11 Å². The van der Waals surface area contributed by atoms with Crippen molar-refractivity contribution < 1.29 is 4.74 Å². The second-order valence-corrected chi connectivity index (χ2v) is 17.0. The van der Waals surface area contributed by atoms with Crippen LogP contribution in [0.4, 0.5) is 0 Å². The van der Waals surface area contributed by atoms with Crippen molar-refractivity contribution in [3.05, 3.63) is 192 Å². The molecule has 0 aliphatic carbocycles. The first kappa shape index (κ1) is 38.5. The predicted molar refractivity (Wildman–Crippen MR) is 251 cm³/mol. The second-order valence-electron chi connectivity index (χ2n) is 17.0. The Morgan fingerprint density at radius 1 is 0.500 bits per heavy atom. The van der Waals surface area contributed by atoms with Gasteiger partial charge in [-0.1, -0.05) is 136 Å². The van der Waals surface area contributed by atoms with Crippen LogP contribution in [0.2, 0.25) is 0 Å². The van der Waals surface area contributed by atoms with Gasteiger partial charge in [0.05, 0.1) is 29.4 Å². The average molecular weight is 780 g/mol. The number of aryl methyl sites for hydroxylation is 3. The maximum Gasteiger partial charge on any atom is 0.149 e. The number of hydrogen-bond acceptors (Lipinski definition) is 3. The number of rotatable bonds is 8. The molecule has 2 aromatic heterocycles. The predicted octanol–water partition coefficient (Wildman–Crippen LogP) is 14.7. The molecule has 9 aromatic rings. The van der Waals surface area contributed by atoms with Crippen LogP contribution in [0.5, 0.6) is 5.75 Å². The molecule has 60 heavy (non-hydrogen) atoms. The van der Waals surface area contributed by atoms with Crippen LogP contribution in [0.25, 0.3) is 83.9 Å². The highest BCUT2D eigenvalue weighted by Crippen LogP contribution is 2.42. The van der Waals surface area contributed by atoms with Gasteiger partial charge in [-0.25, -0.2) is 4.98 Å². The third kappa shape index (κ3) is 7.42. The summed E-state index contributed by atoms with van der Waals surface area (Å²) in [7, 11) is 1.76. The lowest BCUT2D eigenvalue weighted by Gasteiger charge is -2.23. The Morgan fingerprint density at radius 2 is 1.15 bits per heavy atom. The van der Waals surface area contributed by atoms with Gasteiger partial charge in [0.1, 0.15) is 11.6 Å². The number of nitrogens with zero attached hydrogens (tertiary/aromatic N) is 3. The highest BCUT2D eigenvalue weighted by Gasteiger charge is 2.24. The molecule has 2 heterocycles. The van der Waals surface area contributed by atoms with Crippen LogP contribution in [0.15, 0.2) is 170 Å². The average Bonchev–Trinajstić information content (AvgIpc) is 3.66. The number of pyridine rings is 1. The lowest BCUT2D eigenvalue weighted by Crippen LogP contribution is -2.12. The summed E-state index contributed by atoms with van der Waals surface area (Å²) in [5.74, 6) is 1.65. The molecule has 0 saturated carbocycles. The molecule has 4 heteroatoms. The molecule has 0 spiro atoms. The first-order valence-corrected chi connectivity index (χ1v) is 20.7. The summed E-state index contributed by atoms with van der Waals surface area (Å²) in [6.45, 7) is 13.2. The molecule has 294 valence electrons. The van der Waals surface area contributed by atoms with E-state index in [1.54, 1.807) is 7.11 Å². The standard InChI is InChI=1S/C56H49N3O/c1-36-21-23-41(24-22-36)42-25-26-57-51(34-42)46-30-43(39-15-10-8-11-16-39)29-45(31-46)49-19-14-20-52-53(49)58-55(50-28-37(2)27-38(3)54(50)60-7)59(52)48-33-44(40-17-12-9-13-18-40)32-47(35-48)56(4,5)6/h8-35H,1-7H3. The van der Waals surface area contributed by atoms with E-state index in [9.17, 15) is 0 Å². The molecule has 0 bridgehead atoms. The molecule has 0 radical (unpaired) electrons. The highest BCUT2D eigenvalue weighted by molar-refractivity contribution is 5.98. The Hall–Kier alpha value is -7.04. The van der Waals surface area contributed by atoms with E-state index >= 15 is 0 Å². The van der Waals surface area contributed by atoms with Gasteiger partial charge >= 0.3 is 0 Å². The van der Waals surface area contributed by atoms with E-state index in [2.05, 4.69) is 210 Å². The summed E-state index contributed by atoms with van der Waals surface area (Å²) < 4.78 is 8.51. The zero-order valence-electron chi connectivity index (χ0n) is 35.4. The third-order valence-corrected chi connectivity index (χ3v) is 11.5. The molecular formula is C56H49N3O. The fraction of sp³-hybridized carbons (Fsp3) is 0.143. The molecule has 0 saturated heterocycles. The van der Waals surface area contributed by atoms with E-state index in [1.165, 1.54) is 22.3 Å². The molecule has 0 unspecified atom stereocenters. The summed E-state index contributed by atoms with van der Waals surface area (Å²) in [6, 6.07) is 59.0. The Labute approximate surface area is 353 Å². The first-order valence-electron chi connectivity index (χ1n) is 20.7. The van der Waals surface area contributed by atoms with Crippen LogP contribution in [0, 0.1) is 20.8 Å². The van der Waals surface area contributed by atoms with Crippen molar-refractivity contribution in [2.24, 2.45) is 0 Å². The molecule has 0 atom stereocenters. The van der Waals surface area contributed by atoms with Crippen molar-refractivity contribution in [3.8, 4) is 78.6 Å². The topological polar surface area (TPSA) is 39.9 Å². The van der Waals surface area contributed by atoms with E-state index in [1.807, 2.05) is 6.20 Å². The van der Waals surface area contributed by atoms with E-state index < -0.39 is 0 Å². The van der Waals surface area contributed by atoms with Gasteiger partial charge in [0.15, 0.2) is 0 Å². The van der Waals surface area contributed by atoms with Crippen molar-refractivity contribution in [1.82, 2.24) is 14.5 Å². The van der Waals surface area contributed by atoms with Gasteiger partial charge in [-0.05, 0) is 136 Å². The van der Waals surface area contributed by atoms with Crippen molar-refractivity contribution in [3.63, 3.8) is 0 Å². The summed E-state index contributed by atoms with van der Waals surface area (Å²) in [5, 5.41) is 0. The van der Waals surface area contributed by atoms with Crippen LogP contribution < -0.4 is 4.74 Å². The van der Waals surface area contributed by atoms with Crippen molar-refractivity contribution in [1.29, 1.82) is 0 Å². The normalized spacial score (nSPS) is 11.6. The molecular weight excluding hydrogens is 731 g/mol. The molecule has 0 amide bonds. The van der Waals surface area contributed by atoms with Crippen LogP contribution in [0.1, 0.15) is 43.0 Å². The largest absolute Gasteiger partial charge is 0.496 e. The van der Waals surface area contributed by atoms with E-state index in [0.717, 1.165) is 89.6 Å². The molecule has 0 N–H and O–H groups in total. The number of benzene rings is 7. The molecule has 0 aliphatic rings. The summed E-state index contributed by atoms with van der Waals surface area (Å²) in [5.41, 5.74) is 19.5. The Kier molecular flexibility index (Phi) is 10.0. The molecule has 4 nitrogen and oxygen atoms in total. The second kappa shape index (κ2) is 15.6. The lowest BCUT2D eigenvalue weighted by atomic mass is 9.85. The van der Waals surface area contributed by atoms with Crippen LogP contribution in [0.3, 0.4) is 0 Å². The Morgan fingerprint density at radius 3 is 1.83 bits per heavy atom. The fourth-order valence-corrected chi connectivity index (χ4v) is 8.38. The van der Waals surface area contributed by atoms with Gasteiger partial charge in [-0.15, -0.1) is 0 Å². The quantitative estimate of drug-likeness (QED) is 0.154. The Balaban J connectivity index is 1.32. The summed E-state index contributed by atoms with van der Waals surface area (Å²) >= 11 is 0. The minimum atomic E-state index is -0.0993. The SMILES string of the molecule is COc1c(C)cc(C)cc1-c1nc2c(-c3cc(-c4ccccc4)cc(-c4cc(-c5ccc(C)cc5)ccn4)c3)cccc2n1-c1cc(-c2ccccc2)cc(C(C)(C)C)c1. The Bertz CT molecular complexity index is 3010. The van der Waals surface area contributed by atoms with Crippen molar-refractivity contribution >= 4 is 11.0 Å². The minimum Gasteiger partial charge on any atom is -0.496 e. The van der Waals surface area contributed by atoms with Gasteiger partial charge in [0, 0.05) is 23.0 Å². The third-order valence-electron chi connectivity index (χ3n) is 11.5. The van der Waals surface area contributed by atoms with E-state index in [4.69, 9.17) is 14.7 Å². The zero-order valence-corrected chi connectivity index (χ0v) is 35.4. The first-order chi connectivity index (χ1) is 29.0. The van der Waals surface area contributed by atoms with Crippen LogP contribution >= 0.6 is 0 Å². The van der Waals surface area contributed by atoms with Crippen LogP contribution in [-0.4, -0.2) is 21.6 Å². The maximum absolute atomic E-state index is 6.17. The number of methoxy groups -OCH3 is 1. The molecule has 0 aliphatic heterocycles. The molecule has 7 aromatic carbocycles. The number of aromatic nitrogens is 3. The number of hydrogen-bond donors (Lipinski definition) is 0. The number of fused-ring (bicyclic) bond motifs is 1. The van der Waals surface area contributed by atoms with Gasteiger partial charge in [0.2, 0.25) is 0 Å². The number of ether oxygens (including phenoxy) is 1. The molecule has 9 rings (SSSR count). The summed E-state index contributed by atoms with van der Waals surface area (Å²) in [4.78, 5) is 10.6. The van der Waals surface area contributed by atoms with Gasteiger partial charge in [-0.3, -0.25) is 9.55 Å². The van der Waals surface area contributed by atoms with Gasteiger partial charge in [0.25, 0.3) is 0 Å². The van der Waals surface area contributed by atoms with Crippen LogP contribution in [-0.2, 0) is 5.41 Å². The highest BCUT2D eigenvalue weighted by atomic mass is 16.5. The smallest absolute Gasteiger partial charge is 0.149 e. The maximum atomic E-state index is 6.17. The number of imidazole rings is 1. The van der Waals surface area contributed by atoms with Gasteiger partial charge < -0.3 is 4.74 Å². The fourth-order valence-electron chi connectivity index (χ4n) is 8.38. The zero-order chi connectivity index (χ0) is 41.5. The van der Waals surface area contributed by atoms with Crippen molar-refractivity contribution in [2.45, 2.75) is 47.0 Å². The van der Waals surface area contributed by atoms with E-state index in [-0.39, 0.29) is 5.41 Å². The van der Waals surface area contributed by atoms with E-state index in [0.29, 0.717) is 0 Å². The lowest BCUT2D eigenvalue weighted by molar-refractivity contribution is 0.413. The minimum absolute atomic E-state index is 0.0993. The number of para-hydroxylation sites is 1. The molecule has 0 fully saturated rings. The monoisotopic (exact) mass is 779 g/mol.